The number of esters is 1. The zero-order valence-corrected chi connectivity index (χ0v) is 13.6. The Kier molecular flexibility index (Phi) is 6.82. The van der Waals surface area contributed by atoms with E-state index in [9.17, 15) is 14.9 Å². The number of aliphatic hydroxyl groups excluding tert-OH is 1. The second kappa shape index (κ2) is 8.36. The van der Waals surface area contributed by atoms with Crippen LogP contribution >= 0.6 is 11.3 Å². The lowest BCUT2D eigenvalue weighted by Crippen LogP contribution is -2.33. The highest BCUT2D eigenvalue weighted by Crippen LogP contribution is 1.96. The van der Waals surface area contributed by atoms with Crippen molar-refractivity contribution in [3.8, 4) is 6.07 Å². The molecule has 0 radical (unpaired) electrons. The largest absolute Gasteiger partial charge is 0.462 e. The van der Waals surface area contributed by atoms with Crippen molar-refractivity contribution in [3.05, 3.63) is 19.5 Å². The molecule has 0 aliphatic carbocycles. The Hall–Kier alpha value is -2.11. The highest BCUT2D eigenvalue weighted by atomic mass is 32.1. The molecule has 0 amide bonds. The van der Waals surface area contributed by atoms with E-state index in [2.05, 4.69) is 0 Å². The van der Waals surface area contributed by atoms with Gasteiger partial charge in [-0.2, -0.15) is 5.26 Å². The molecule has 0 saturated heterocycles. The molecule has 0 fully saturated rings. The number of ether oxygens (including phenoxy) is 1. The molecule has 0 bridgehead atoms. The molecule has 0 spiro atoms. The minimum atomic E-state index is -0.733. The number of thiazole rings is 1. The second-order valence-corrected chi connectivity index (χ2v) is 5.39. The van der Waals surface area contributed by atoms with E-state index in [0.29, 0.717) is 17.6 Å². The van der Waals surface area contributed by atoms with Crippen LogP contribution in [0, 0.1) is 11.3 Å². The molecular formula is C14H19N3O4S. The first-order chi connectivity index (χ1) is 10.5. The monoisotopic (exact) mass is 325 g/mol. The first kappa shape index (κ1) is 17.9. The van der Waals surface area contributed by atoms with Gasteiger partial charge in [0.05, 0.1) is 13.2 Å². The Morgan fingerprint density at radius 1 is 1.55 bits per heavy atom. The van der Waals surface area contributed by atoms with Crippen LogP contribution in [0.4, 0.5) is 0 Å². The Morgan fingerprint density at radius 3 is 2.73 bits per heavy atom. The van der Waals surface area contributed by atoms with Gasteiger partial charge in [0.2, 0.25) is 0 Å². The summed E-state index contributed by atoms with van der Waals surface area (Å²) < 4.78 is 6.91. The van der Waals surface area contributed by atoms with Gasteiger partial charge in [-0.3, -0.25) is 9.36 Å². The summed E-state index contributed by atoms with van der Waals surface area (Å²) in [5.74, 6) is -0.733. The van der Waals surface area contributed by atoms with Gasteiger partial charge < -0.3 is 14.7 Å². The summed E-state index contributed by atoms with van der Waals surface area (Å²) in [6, 6.07) is 1.82. The van der Waals surface area contributed by atoms with Crippen LogP contribution in [0.2, 0.25) is 0 Å². The highest BCUT2D eigenvalue weighted by Gasteiger charge is 2.16. The van der Waals surface area contributed by atoms with Gasteiger partial charge in [0.15, 0.2) is 5.57 Å². The fourth-order valence-electron chi connectivity index (χ4n) is 1.79. The van der Waals surface area contributed by atoms with Crippen molar-refractivity contribution in [1.29, 1.82) is 5.26 Å². The van der Waals surface area contributed by atoms with Crippen molar-refractivity contribution in [2.24, 2.45) is 0 Å². The van der Waals surface area contributed by atoms with Gasteiger partial charge in [-0.1, -0.05) is 0 Å². The molecule has 0 unspecified atom stereocenters. The number of carbonyl (C=O) groups is 1. The van der Waals surface area contributed by atoms with Crippen LogP contribution in [0.3, 0.4) is 0 Å². The van der Waals surface area contributed by atoms with E-state index < -0.39 is 5.97 Å². The van der Waals surface area contributed by atoms with Gasteiger partial charge in [0.25, 0.3) is 5.56 Å². The average molecular weight is 325 g/mol. The van der Waals surface area contributed by atoms with Gasteiger partial charge in [-0.15, -0.1) is 11.3 Å². The van der Waals surface area contributed by atoms with Crippen LogP contribution in [0.25, 0.3) is 11.8 Å². The lowest BCUT2D eigenvalue weighted by atomic mass is 10.3. The van der Waals surface area contributed by atoms with E-state index in [0.717, 1.165) is 11.3 Å². The average Bonchev–Trinajstić information content (AvgIpc) is 2.76. The van der Waals surface area contributed by atoms with Crippen LogP contribution in [0.15, 0.2) is 4.79 Å². The smallest absolute Gasteiger partial charge is 0.351 e. The first-order valence-corrected chi connectivity index (χ1v) is 7.65. The maximum absolute atomic E-state index is 12.3. The molecule has 1 heterocycles. The van der Waals surface area contributed by atoms with E-state index in [4.69, 9.17) is 9.84 Å². The summed E-state index contributed by atoms with van der Waals surface area (Å²) in [6.45, 7) is 4.25. The van der Waals surface area contributed by atoms with Crippen molar-refractivity contribution in [2.75, 3.05) is 26.8 Å². The molecule has 1 aromatic heterocycles. The Balaban J connectivity index is 3.60. The maximum atomic E-state index is 12.3. The van der Waals surface area contributed by atoms with E-state index in [-0.39, 0.29) is 29.0 Å². The molecule has 8 heteroatoms. The van der Waals surface area contributed by atoms with E-state index >= 15 is 0 Å². The molecule has 0 aromatic carbocycles. The second-order valence-electron chi connectivity index (χ2n) is 4.36. The quantitative estimate of drug-likeness (QED) is 0.662. The number of aromatic nitrogens is 1. The lowest BCUT2D eigenvalue weighted by molar-refractivity contribution is -0.136. The van der Waals surface area contributed by atoms with Gasteiger partial charge in [-0.25, -0.2) is 4.79 Å². The summed E-state index contributed by atoms with van der Waals surface area (Å²) in [7, 11) is 1.73. The van der Waals surface area contributed by atoms with Gasteiger partial charge in [0.1, 0.15) is 15.3 Å². The third kappa shape index (κ3) is 3.96. The summed E-state index contributed by atoms with van der Waals surface area (Å²) in [5.41, 5.74) is -0.445. The molecule has 1 aromatic rings. The third-order valence-electron chi connectivity index (χ3n) is 2.82. The predicted octanol–water partition coefficient (Wildman–Crippen LogP) is -1.17. The molecular weight excluding hydrogens is 306 g/mol. The van der Waals surface area contributed by atoms with Crippen molar-refractivity contribution in [3.63, 3.8) is 0 Å². The molecule has 0 aliphatic heterocycles. The number of aliphatic hydroxyl groups is 1. The SMILES string of the molecule is CCOC(=O)/C(C#N)=c1\s/c(=C/N(C)CCO)c(=O)n1CC. The summed E-state index contributed by atoms with van der Waals surface area (Å²) in [5, 5.41) is 18.1. The summed E-state index contributed by atoms with van der Waals surface area (Å²) >= 11 is 1.06. The van der Waals surface area contributed by atoms with Crippen LogP contribution < -0.4 is 14.8 Å². The molecule has 120 valence electrons. The van der Waals surface area contributed by atoms with Crippen LogP contribution in [0.1, 0.15) is 13.8 Å². The van der Waals surface area contributed by atoms with E-state index in [1.807, 2.05) is 6.07 Å². The molecule has 1 rings (SSSR count). The molecule has 22 heavy (non-hydrogen) atoms. The minimum Gasteiger partial charge on any atom is -0.462 e. The molecule has 7 nitrogen and oxygen atoms in total. The number of nitrogens with zero attached hydrogens (tertiary/aromatic N) is 3. The lowest BCUT2D eigenvalue weighted by Gasteiger charge is -2.09. The van der Waals surface area contributed by atoms with E-state index in [1.165, 1.54) is 4.57 Å². The highest BCUT2D eigenvalue weighted by molar-refractivity contribution is 7.07. The fourth-order valence-corrected chi connectivity index (χ4v) is 2.98. The van der Waals surface area contributed by atoms with Crippen molar-refractivity contribution in [2.45, 2.75) is 20.4 Å². The maximum Gasteiger partial charge on any atom is 0.351 e. The standard InChI is InChI=1S/C14H19N3O4S/c1-4-17-12(19)11(9-16(3)6-7-18)22-13(17)10(8-15)14(20)21-5-2/h9,18H,4-7H2,1-3H3/b11-9+,13-10-. The Labute approximate surface area is 132 Å². The number of hydrogen-bond acceptors (Lipinski definition) is 7. The Morgan fingerprint density at radius 2 is 2.23 bits per heavy atom. The van der Waals surface area contributed by atoms with Gasteiger partial charge in [0, 0.05) is 26.3 Å². The first-order valence-electron chi connectivity index (χ1n) is 6.84. The van der Waals surface area contributed by atoms with E-state index in [1.54, 1.807) is 32.0 Å². The number of carbonyl (C=O) groups excluding carboxylic acids is 1. The summed E-state index contributed by atoms with van der Waals surface area (Å²) in [6.07, 6.45) is 1.60. The van der Waals surface area contributed by atoms with Crippen molar-refractivity contribution >= 4 is 29.1 Å². The van der Waals surface area contributed by atoms with Crippen LogP contribution in [-0.4, -0.2) is 47.3 Å². The van der Waals surface area contributed by atoms with Crippen LogP contribution in [-0.2, 0) is 16.1 Å². The van der Waals surface area contributed by atoms with Crippen molar-refractivity contribution in [1.82, 2.24) is 9.47 Å². The third-order valence-corrected chi connectivity index (χ3v) is 3.94. The molecule has 1 N–H and O–H groups in total. The Bertz CT molecular complexity index is 742. The molecule has 0 atom stereocenters. The fraction of sp³-hybridized carbons (Fsp3) is 0.500. The normalized spacial score (nSPS) is 12.8. The van der Waals surface area contributed by atoms with Gasteiger partial charge in [-0.05, 0) is 13.8 Å². The summed E-state index contributed by atoms with van der Waals surface area (Å²) in [4.78, 5) is 25.9. The minimum absolute atomic E-state index is 0.0361. The van der Waals surface area contributed by atoms with Gasteiger partial charge >= 0.3 is 5.97 Å². The zero-order valence-electron chi connectivity index (χ0n) is 12.8. The predicted molar refractivity (Wildman–Crippen MR) is 83.3 cm³/mol. The van der Waals surface area contributed by atoms with Crippen LogP contribution in [0.5, 0.6) is 0 Å². The topological polar surface area (TPSA) is 95.6 Å². The number of likely N-dealkylation sites (N-methyl/N-ethyl adjacent to an activating group) is 1. The number of nitriles is 1. The number of rotatable bonds is 6. The number of hydrogen-bond donors (Lipinski definition) is 1. The zero-order chi connectivity index (χ0) is 16.7. The molecule has 0 aliphatic rings. The van der Waals surface area contributed by atoms with Crippen molar-refractivity contribution < 1.29 is 14.6 Å². The molecule has 0 saturated carbocycles.